The van der Waals surface area contributed by atoms with Gasteiger partial charge in [-0.15, -0.1) is 0 Å². The fourth-order valence-electron chi connectivity index (χ4n) is 1.79. The standard InChI is InChI=1S/C15H19N3/c1-4-15(2,3)12-7-5-11(6-8-12)14-17-10-9-13(16)18-14/h5-10H,4H2,1-3H3,(H2,16,17,18). The molecule has 1 heterocycles. The van der Waals surface area contributed by atoms with Crippen molar-refractivity contribution < 1.29 is 0 Å². The van der Waals surface area contributed by atoms with E-state index in [-0.39, 0.29) is 5.41 Å². The van der Waals surface area contributed by atoms with Crippen molar-refractivity contribution in [3.63, 3.8) is 0 Å². The Morgan fingerprint density at radius 2 is 1.78 bits per heavy atom. The zero-order chi connectivity index (χ0) is 13.2. The summed E-state index contributed by atoms with van der Waals surface area (Å²) in [5.74, 6) is 1.17. The third-order valence-corrected chi connectivity index (χ3v) is 3.49. The molecule has 3 nitrogen and oxygen atoms in total. The van der Waals surface area contributed by atoms with Crippen LogP contribution in [-0.4, -0.2) is 9.97 Å². The molecular weight excluding hydrogens is 222 g/mol. The highest BCUT2D eigenvalue weighted by molar-refractivity contribution is 5.57. The van der Waals surface area contributed by atoms with Crippen molar-refractivity contribution in [2.45, 2.75) is 32.6 Å². The number of rotatable bonds is 3. The molecule has 0 aliphatic heterocycles. The van der Waals surface area contributed by atoms with Crippen molar-refractivity contribution in [3.05, 3.63) is 42.1 Å². The van der Waals surface area contributed by atoms with Crippen LogP contribution in [0.1, 0.15) is 32.8 Å². The Morgan fingerprint density at radius 3 is 2.33 bits per heavy atom. The van der Waals surface area contributed by atoms with Gasteiger partial charge in [-0.25, -0.2) is 9.97 Å². The Kier molecular flexibility index (Phi) is 3.32. The Labute approximate surface area is 108 Å². The van der Waals surface area contributed by atoms with Crippen LogP contribution in [0, 0.1) is 0 Å². The predicted octanol–water partition coefficient (Wildman–Crippen LogP) is 3.41. The Hall–Kier alpha value is -1.90. The maximum atomic E-state index is 5.67. The topological polar surface area (TPSA) is 51.8 Å². The Balaban J connectivity index is 2.33. The summed E-state index contributed by atoms with van der Waals surface area (Å²) < 4.78 is 0. The number of nitrogens with zero attached hydrogens (tertiary/aromatic N) is 2. The minimum atomic E-state index is 0.203. The first kappa shape index (κ1) is 12.6. The number of hydrogen-bond acceptors (Lipinski definition) is 3. The zero-order valence-electron chi connectivity index (χ0n) is 11.1. The quantitative estimate of drug-likeness (QED) is 0.895. The van der Waals surface area contributed by atoms with Crippen LogP contribution >= 0.6 is 0 Å². The number of benzene rings is 1. The van der Waals surface area contributed by atoms with Gasteiger partial charge in [-0.3, -0.25) is 0 Å². The minimum absolute atomic E-state index is 0.203. The molecule has 0 saturated heterocycles. The predicted molar refractivity (Wildman–Crippen MR) is 75.2 cm³/mol. The molecule has 2 aromatic rings. The molecule has 0 spiro atoms. The van der Waals surface area contributed by atoms with Crippen LogP contribution in [0.25, 0.3) is 11.4 Å². The summed E-state index contributed by atoms with van der Waals surface area (Å²) in [5.41, 5.74) is 8.20. The van der Waals surface area contributed by atoms with Crippen LogP contribution in [0.3, 0.4) is 0 Å². The molecule has 2 rings (SSSR count). The second kappa shape index (κ2) is 4.77. The van der Waals surface area contributed by atoms with Crippen molar-refractivity contribution in [2.24, 2.45) is 0 Å². The lowest BCUT2D eigenvalue weighted by Crippen LogP contribution is -2.15. The van der Waals surface area contributed by atoms with E-state index in [0.717, 1.165) is 12.0 Å². The highest BCUT2D eigenvalue weighted by Gasteiger charge is 2.17. The number of nitrogens with two attached hydrogens (primary N) is 1. The number of hydrogen-bond donors (Lipinski definition) is 1. The molecule has 18 heavy (non-hydrogen) atoms. The van der Waals surface area contributed by atoms with E-state index in [1.807, 2.05) is 0 Å². The molecule has 0 fully saturated rings. The van der Waals surface area contributed by atoms with Crippen molar-refractivity contribution in [1.82, 2.24) is 9.97 Å². The number of nitrogen functional groups attached to an aromatic ring is 1. The zero-order valence-corrected chi connectivity index (χ0v) is 11.1. The molecule has 1 aromatic heterocycles. The summed E-state index contributed by atoms with van der Waals surface area (Å²) in [7, 11) is 0. The van der Waals surface area contributed by atoms with Crippen molar-refractivity contribution in [3.8, 4) is 11.4 Å². The SMILES string of the molecule is CCC(C)(C)c1ccc(-c2nccc(N)n2)cc1. The smallest absolute Gasteiger partial charge is 0.161 e. The van der Waals surface area contributed by atoms with Crippen molar-refractivity contribution in [2.75, 3.05) is 5.73 Å². The van der Waals surface area contributed by atoms with Gasteiger partial charge in [0.05, 0.1) is 0 Å². The first-order valence-corrected chi connectivity index (χ1v) is 6.22. The molecule has 0 radical (unpaired) electrons. The van der Waals surface area contributed by atoms with Crippen molar-refractivity contribution in [1.29, 1.82) is 0 Å². The maximum Gasteiger partial charge on any atom is 0.161 e. The second-order valence-corrected chi connectivity index (χ2v) is 5.12. The van der Waals surface area contributed by atoms with Gasteiger partial charge in [-0.1, -0.05) is 45.0 Å². The highest BCUT2D eigenvalue weighted by atomic mass is 14.9. The van der Waals surface area contributed by atoms with Crippen LogP contribution in [0.2, 0.25) is 0 Å². The molecule has 0 amide bonds. The third kappa shape index (κ3) is 2.50. The van der Waals surface area contributed by atoms with Gasteiger partial charge in [0.2, 0.25) is 0 Å². The lowest BCUT2D eigenvalue weighted by Gasteiger charge is -2.23. The number of anilines is 1. The van der Waals surface area contributed by atoms with E-state index in [2.05, 4.69) is 55.0 Å². The molecule has 0 saturated carbocycles. The van der Waals surface area contributed by atoms with E-state index in [9.17, 15) is 0 Å². The monoisotopic (exact) mass is 241 g/mol. The van der Waals surface area contributed by atoms with Crippen LogP contribution in [-0.2, 0) is 5.41 Å². The molecule has 2 N–H and O–H groups in total. The fraction of sp³-hybridized carbons (Fsp3) is 0.333. The normalized spacial score (nSPS) is 11.5. The average molecular weight is 241 g/mol. The lowest BCUT2D eigenvalue weighted by atomic mass is 9.82. The molecule has 1 aromatic carbocycles. The van der Waals surface area contributed by atoms with Crippen molar-refractivity contribution >= 4 is 5.82 Å². The molecule has 0 unspecified atom stereocenters. The largest absolute Gasteiger partial charge is 0.384 e. The number of aromatic nitrogens is 2. The summed E-state index contributed by atoms with van der Waals surface area (Å²) in [6, 6.07) is 10.1. The maximum absolute atomic E-state index is 5.67. The van der Waals surface area contributed by atoms with E-state index in [1.54, 1.807) is 12.3 Å². The van der Waals surface area contributed by atoms with Gasteiger partial charge in [-0.05, 0) is 23.5 Å². The Morgan fingerprint density at radius 1 is 1.11 bits per heavy atom. The van der Waals surface area contributed by atoms with Gasteiger partial charge >= 0.3 is 0 Å². The summed E-state index contributed by atoms with van der Waals surface area (Å²) in [4.78, 5) is 8.45. The third-order valence-electron chi connectivity index (χ3n) is 3.49. The fourth-order valence-corrected chi connectivity index (χ4v) is 1.79. The highest BCUT2D eigenvalue weighted by Crippen LogP contribution is 2.28. The van der Waals surface area contributed by atoms with Crippen LogP contribution in [0.15, 0.2) is 36.5 Å². The minimum Gasteiger partial charge on any atom is -0.384 e. The summed E-state index contributed by atoms with van der Waals surface area (Å²) in [5, 5.41) is 0. The first-order chi connectivity index (χ1) is 8.53. The molecule has 0 bridgehead atoms. The summed E-state index contributed by atoms with van der Waals surface area (Å²) in [6.07, 6.45) is 2.79. The van der Waals surface area contributed by atoms with Gasteiger partial charge in [0.1, 0.15) is 5.82 Å². The van der Waals surface area contributed by atoms with Gasteiger partial charge in [0.15, 0.2) is 5.82 Å². The van der Waals surface area contributed by atoms with Gasteiger partial charge in [-0.2, -0.15) is 0 Å². The van der Waals surface area contributed by atoms with Gasteiger partial charge in [0, 0.05) is 11.8 Å². The van der Waals surface area contributed by atoms with E-state index >= 15 is 0 Å². The average Bonchev–Trinajstić information content (AvgIpc) is 2.39. The molecule has 3 heteroatoms. The van der Waals surface area contributed by atoms with E-state index in [0.29, 0.717) is 11.6 Å². The molecule has 0 aliphatic rings. The second-order valence-electron chi connectivity index (χ2n) is 5.12. The molecule has 94 valence electrons. The molecule has 0 aliphatic carbocycles. The Bertz CT molecular complexity index is 530. The van der Waals surface area contributed by atoms with Gasteiger partial charge < -0.3 is 5.73 Å². The van der Waals surface area contributed by atoms with Gasteiger partial charge in [0.25, 0.3) is 0 Å². The van der Waals surface area contributed by atoms with Crippen LogP contribution in [0.5, 0.6) is 0 Å². The van der Waals surface area contributed by atoms with E-state index in [4.69, 9.17) is 5.73 Å². The van der Waals surface area contributed by atoms with Crippen LogP contribution in [0.4, 0.5) is 5.82 Å². The lowest BCUT2D eigenvalue weighted by molar-refractivity contribution is 0.506. The summed E-state index contributed by atoms with van der Waals surface area (Å²) in [6.45, 7) is 6.70. The molecular formula is C15H19N3. The first-order valence-electron chi connectivity index (χ1n) is 6.22. The van der Waals surface area contributed by atoms with Crippen LogP contribution < -0.4 is 5.73 Å². The van der Waals surface area contributed by atoms with E-state index in [1.165, 1.54) is 5.56 Å². The molecule has 0 atom stereocenters. The van der Waals surface area contributed by atoms with E-state index < -0.39 is 0 Å². The summed E-state index contributed by atoms with van der Waals surface area (Å²) >= 11 is 0.